The van der Waals surface area contributed by atoms with Crippen molar-refractivity contribution < 1.29 is 37.8 Å². The molecule has 0 radical (unpaired) electrons. The standard InChI is InChI=1S/C22H27ClN2O3.C2HF3O2/c1-14(2)12-25(13-15(3)4)20-10-9-16(11-18(20)22(27)28)24-21(26)17-7-5-6-8-19(17)23;3-2(4,5)1(6)7/h5-11,14-15H,12-13H2,1-4H3,(H,24,26)(H,27,28);(H,6,7). The summed E-state index contributed by atoms with van der Waals surface area (Å²) in [5.41, 5.74) is 1.58. The van der Waals surface area contributed by atoms with E-state index in [0.717, 1.165) is 13.1 Å². The first-order valence-corrected chi connectivity index (χ1v) is 11.0. The molecular weight excluding hydrogens is 489 g/mol. The number of aromatic carboxylic acids is 1. The van der Waals surface area contributed by atoms with Crippen LogP contribution in [0.2, 0.25) is 5.02 Å². The van der Waals surface area contributed by atoms with Crippen LogP contribution in [-0.2, 0) is 4.79 Å². The fourth-order valence-electron chi connectivity index (χ4n) is 3.06. The Labute approximate surface area is 206 Å². The Morgan fingerprint density at radius 2 is 1.46 bits per heavy atom. The number of alkyl halides is 3. The van der Waals surface area contributed by atoms with Gasteiger partial charge in [0.1, 0.15) is 0 Å². The predicted molar refractivity (Wildman–Crippen MR) is 128 cm³/mol. The van der Waals surface area contributed by atoms with Crippen molar-refractivity contribution in [1.82, 2.24) is 0 Å². The van der Waals surface area contributed by atoms with Crippen molar-refractivity contribution >= 4 is 40.8 Å². The molecule has 0 unspecified atom stereocenters. The monoisotopic (exact) mass is 516 g/mol. The number of halogens is 4. The lowest BCUT2D eigenvalue weighted by atomic mass is 10.1. The third-order valence-corrected chi connectivity index (χ3v) is 4.69. The molecular formula is C24H28ClF3N2O5. The van der Waals surface area contributed by atoms with Crippen LogP contribution in [0, 0.1) is 11.8 Å². The second-order valence-corrected chi connectivity index (χ2v) is 8.87. The summed E-state index contributed by atoms with van der Waals surface area (Å²) in [5.74, 6) is -3.38. The quantitative estimate of drug-likeness (QED) is 0.395. The number of hydrogen-bond acceptors (Lipinski definition) is 4. The molecule has 0 heterocycles. The lowest BCUT2D eigenvalue weighted by molar-refractivity contribution is -0.192. The molecule has 3 N–H and O–H groups in total. The number of hydrogen-bond donors (Lipinski definition) is 3. The molecule has 0 saturated heterocycles. The Hall–Kier alpha value is -3.27. The average Bonchev–Trinajstić information content (AvgIpc) is 2.72. The Bertz CT molecular complexity index is 1030. The molecule has 7 nitrogen and oxygen atoms in total. The number of nitrogens with zero attached hydrogens (tertiary/aromatic N) is 1. The van der Waals surface area contributed by atoms with Crippen LogP contribution in [0.15, 0.2) is 42.5 Å². The zero-order chi connectivity index (χ0) is 26.9. The SMILES string of the molecule is CC(C)CN(CC(C)C)c1ccc(NC(=O)c2ccccc2Cl)cc1C(=O)O.O=C(O)C(F)(F)F. The molecule has 35 heavy (non-hydrogen) atoms. The van der Waals surface area contributed by atoms with Gasteiger partial charge in [0.25, 0.3) is 5.91 Å². The molecule has 1 amide bonds. The summed E-state index contributed by atoms with van der Waals surface area (Å²) >= 11 is 6.07. The summed E-state index contributed by atoms with van der Waals surface area (Å²) in [4.78, 5) is 35.4. The van der Waals surface area contributed by atoms with E-state index in [1.54, 1.807) is 36.4 Å². The van der Waals surface area contributed by atoms with Gasteiger partial charge in [0.05, 0.1) is 21.8 Å². The Morgan fingerprint density at radius 3 is 1.89 bits per heavy atom. The van der Waals surface area contributed by atoms with Gasteiger partial charge >= 0.3 is 18.1 Å². The van der Waals surface area contributed by atoms with Crippen LogP contribution in [0.1, 0.15) is 48.4 Å². The van der Waals surface area contributed by atoms with Crippen LogP contribution in [-0.4, -0.2) is 47.3 Å². The summed E-state index contributed by atoms with van der Waals surface area (Å²) < 4.78 is 31.7. The van der Waals surface area contributed by atoms with Gasteiger partial charge in [-0.15, -0.1) is 0 Å². The molecule has 0 aromatic heterocycles. The van der Waals surface area contributed by atoms with Crippen molar-refractivity contribution in [3.8, 4) is 0 Å². The van der Waals surface area contributed by atoms with Crippen LogP contribution in [0.25, 0.3) is 0 Å². The molecule has 0 aliphatic carbocycles. The smallest absolute Gasteiger partial charge is 0.478 e. The molecule has 0 spiro atoms. The van der Waals surface area contributed by atoms with Crippen molar-refractivity contribution in [2.45, 2.75) is 33.9 Å². The molecule has 192 valence electrons. The van der Waals surface area contributed by atoms with Crippen LogP contribution < -0.4 is 10.2 Å². The maximum atomic E-state index is 12.5. The van der Waals surface area contributed by atoms with Crippen LogP contribution in [0.3, 0.4) is 0 Å². The second kappa shape index (κ2) is 13.0. The van der Waals surface area contributed by atoms with Crippen molar-refractivity contribution in [2.24, 2.45) is 11.8 Å². The number of amides is 1. The second-order valence-electron chi connectivity index (χ2n) is 8.47. The minimum atomic E-state index is -5.08. The van der Waals surface area contributed by atoms with E-state index in [2.05, 4.69) is 37.9 Å². The third kappa shape index (κ3) is 9.86. The largest absolute Gasteiger partial charge is 0.490 e. The topological polar surface area (TPSA) is 107 Å². The third-order valence-electron chi connectivity index (χ3n) is 4.36. The Balaban J connectivity index is 0.000000762. The summed E-state index contributed by atoms with van der Waals surface area (Å²) in [6.45, 7) is 9.92. The zero-order valence-electron chi connectivity index (χ0n) is 19.7. The van der Waals surface area contributed by atoms with E-state index in [1.165, 1.54) is 6.07 Å². The van der Waals surface area contributed by atoms with E-state index < -0.39 is 18.1 Å². The van der Waals surface area contributed by atoms with E-state index in [9.17, 15) is 27.9 Å². The van der Waals surface area contributed by atoms with E-state index >= 15 is 0 Å². The maximum absolute atomic E-state index is 12.5. The van der Waals surface area contributed by atoms with E-state index in [1.807, 2.05) is 0 Å². The number of carbonyl (C=O) groups is 3. The van der Waals surface area contributed by atoms with Gasteiger partial charge in [0.15, 0.2) is 0 Å². The highest BCUT2D eigenvalue weighted by atomic mass is 35.5. The number of carboxylic acids is 2. The first-order chi connectivity index (χ1) is 16.1. The summed E-state index contributed by atoms with van der Waals surface area (Å²) in [7, 11) is 0. The van der Waals surface area contributed by atoms with Gasteiger partial charge in [0.2, 0.25) is 0 Å². The number of benzene rings is 2. The number of nitrogens with one attached hydrogen (secondary N) is 1. The molecule has 0 fully saturated rings. The van der Waals surface area contributed by atoms with E-state index in [-0.39, 0.29) is 11.5 Å². The molecule has 0 bridgehead atoms. The van der Waals surface area contributed by atoms with Crippen LogP contribution in [0.5, 0.6) is 0 Å². The van der Waals surface area contributed by atoms with Crippen LogP contribution in [0.4, 0.5) is 24.5 Å². The van der Waals surface area contributed by atoms with Crippen molar-refractivity contribution in [2.75, 3.05) is 23.3 Å². The van der Waals surface area contributed by atoms with Gasteiger partial charge in [0, 0.05) is 18.8 Å². The van der Waals surface area contributed by atoms with Crippen molar-refractivity contribution in [1.29, 1.82) is 0 Å². The molecule has 0 saturated carbocycles. The molecule has 0 aliphatic rings. The molecule has 2 rings (SSSR count). The summed E-state index contributed by atoms with van der Waals surface area (Å²) in [5, 5.41) is 19.9. The maximum Gasteiger partial charge on any atom is 0.490 e. The van der Waals surface area contributed by atoms with Gasteiger partial charge in [-0.3, -0.25) is 4.79 Å². The normalized spacial score (nSPS) is 11.0. The molecule has 0 aliphatic heterocycles. The lowest BCUT2D eigenvalue weighted by Gasteiger charge is -2.30. The van der Waals surface area contributed by atoms with Crippen molar-refractivity contribution in [3.05, 3.63) is 58.6 Å². The number of carbonyl (C=O) groups excluding carboxylic acids is 1. The molecule has 11 heteroatoms. The zero-order valence-corrected chi connectivity index (χ0v) is 20.4. The van der Waals surface area contributed by atoms with Gasteiger partial charge in [-0.2, -0.15) is 13.2 Å². The minimum Gasteiger partial charge on any atom is -0.478 e. The highest BCUT2D eigenvalue weighted by Gasteiger charge is 2.38. The number of aliphatic carboxylic acids is 1. The van der Waals surface area contributed by atoms with Gasteiger partial charge in [-0.25, -0.2) is 9.59 Å². The lowest BCUT2D eigenvalue weighted by Crippen LogP contribution is -2.32. The fourth-order valence-corrected chi connectivity index (χ4v) is 3.28. The number of rotatable bonds is 8. The van der Waals surface area contributed by atoms with E-state index in [4.69, 9.17) is 21.5 Å². The minimum absolute atomic E-state index is 0.165. The number of anilines is 2. The summed E-state index contributed by atoms with van der Waals surface area (Å²) in [6.07, 6.45) is -5.08. The van der Waals surface area contributed by atoms with Gasteiger partial charge in [-0.1, -0.05) is 51.4 Å². The first kappa shape index (κ1) is 29.8. The van der Waals surface area contributed by atoms with Gasteiger partial charge in [-0.05, 0) is 42.2 Å². The van der Waals surface area contributed by atoms with Crippen molar-refractivity contribution in [3.63, 3.8) is 0 Å². The van der Waals surface area contributed by atoms with Crippen LogP contribution >= 0.6 is 11.6 Å². The Kier molecular flexibility index (Phi) is 11.0. The summed E-state index contributed by atoms with van der Waals surface area (Å²) in [6, 6.07) is 11.7. The predicted octanol–water partition coefficient (Wildman–Crippen LogP) is 6.04. The first-order valence-electron chi connectivity index (χ1n) is 10.6. The highest BCUT2D eigenvalue weighted by Crippen LogP contribution is 2.27. The molecule has 2 aromatic rings. The molecule has 2 aromatic carbocycles. The fraction of sp³-hybridized carbons (Fsp3) is 0.375. The average molecular weight is 517 g/mol. The Morgan fingerprint density at radius 1 is 0.943 bits per heavy atom. The number of carboxylic acid groups (broad SMARTS) is 2. The highest BCUT2D eigenvalue weighted by molar-refractivity contribution is 6.34. The molecule has 0 atom stereocenters. The van der Waals surface area contributed by atoms with E-state index in [0.29, 0.717) is 33.8 Å². The van der Waals surface area contributed by atoms with Gasteiger partial charge < -0.3 is 20.4 Å².